The Bertz CT molecular complexity index is 1110. The minimum absolute atomic E-state index is 0.0115. The molecule has 0 aliphatic carbocycles. The molecule has 1 amide bonds. The third-order valence-corrected chi connectivity index (χ3v) is 7.05. The third kappa shape index (κ3) is 4.41. The van der Waals surface area contributed by atoms with E-state index >= 15 is 0 Å². The number of hydrogen-bond acceptors (Lipinski definition) is 8. The summed E-state index contributed by atoms with van der Waals surface area (Å²) in [6.45, 7) is 2.02. The lowest BCUT2D eigenvalue weighted by molar-refractivity contribution is -0.119. The fourth-order valence-corrected chi connectivity index (χ4v) is 5.22. The van der Waals surface area contributed by atoms with Crippen molar-refractivity contribution >= 4 is 27.7 Å². The Morgan fingerprint density at radius 2 is 1.94 bits per heavy atom. The van der Waals surface area contributed by atoms with Crippen molar-refractivity contribution in [3.05, 3.63) is 30.0 Å². The largest absolute Gasteiger partial charge is 0.493 e. The quantitative estimate of drug-likeness (QED) is 0.578. The summed E-state index contributed by atoms with van der Waals surface area (Å²) < 4.78 is 44.5. The molecule has 0 spiro atoms. The van der Waals surface area contributed by atoms with Crippen LogP contribution >= 0.6 is 0 Å². The number of ether oxygens (including phenoxy) is 3. The number of rotatable bonds is 8. The summed E-state index contributed by atoms with van der Waals surface area (Å²) in [5.41, 5.74) is 0.0926. The molecule has 1 aliphatic heterocycles. The predicted molar refractivity (Wildman–Crippen MR) is 114 cm³/mol. The van der Waals surface area contributed by atoms with Crippen LogP contribution in [0.15, 0.2) is 29.3 Å². The zero-order valence-electron chi connectivity index (χ0n) is 18.3. The van der Waals surface area contributed by atoms with Crippen molar-refractivity contribution < 1.29 is 32.2 Å². The standard InChI is InChI=1S/C20H26N4O7S/c1-5-31-20(26)14-12-21-23(2)18(14)22-19(25)15-7-6-10-24(15)32(27,28)13-8-9-16(29-3)17(11-13)30-4/h8-9,11-12,15H,5-7,10H2,1-4H3,(H,22,25). The number of sulfonamides is 1. The first-order valence-corrected chi connectivity index (χ1v) is 11.4. The maximum atomic E-state index is 13.3. The van der Waals surface area contributed by atoms with E-state index in [0.717, 1.165) is 4.31 Å². The first kappa shape index (κ1) is 23.5. The normalized spacial score (nSPS) is 16.6. The van der Waals surface area contributed by atoms with Gasteiger partial charge in [0, 0.05) is 19.7 Å². The molecule has 1 atom stereocenters. The van der Waals surface area contributed by atoms with Gasteiger partial charge in [-0.05, 0) is 31.9 Å². The van der Waals surface area contributed by atoms with Gasteiger partial charge in [-0.2, -0.15) is 9.40 Å². The Morgan fingerprint density at radius 3 is 2.59 bits per heavy atom. The monoisotopic (exact) mass is 466 g/mol. The smallest absolute Gasteiger partial charge is 0.343 e. The van der Waals surface area contributed by atoms with E-state index in [4.69, 9.17) is 14.2 Å². The van der Waals surface area contributed by atoms with Crippen LogP contribution in [0.4, 0.5) is 5.82 Å². The summed E-state index contributed by atoms with van der Waals surface area (Å²) >= 11 is 0. The molecule has 12 heteroatoms. The van der Waals surface area contributed by atoms with E-state index < -0.39 is 27.9 Å². The van der Waals surface area contributed by atoms with Gasteiger partial charge in [-0.25, -0.2) is 13.2 Å². The van der Waals surface area contributed by atoms with Crippen molar-refractivity contribution in [1.82, 2.24) is 14.1 Å². The van der Waals surface area contributed by atoms with Gasteiger partial charge in [-0.1, -0.05) is 0 Å². The van der Waals surface area contributed by atoms with Crippen molar-refractivity contribution in [3.63, 3.8) is 0 Å². The lowest BCUT2D eigenvalue weighted by Gasteiger charge is -2.24. The summed E-state index contributed by atoms with van der Waals surface area (Å²) in [5, 5.41) is 6.64. The topological polar surface area (TPSA) is 129 Å². The number of hydrogen-bond donors (Lipinski definition) is 1. The van der Waals surface area contributed by atoms with E-state index in [2.05, 4.69) is 10.4 Å². The van der Waals surface area contributed by atoms with Crippen LogP contribution in [0.3, 0.4) is 0 Å². The maximum Gasteiger partial charge on any atom is 0.343 e. The summed E-state index contributed by atoms with van der Waals surface area (Å²) in [4.78, 5) is 25.2. The average molecular weight is 467 g/mol. The van der Waals surface area contributed by atoms with Crippen molar-refractivity contribution in [3.8, 4) is 11.5 Å². The predicted octanol–water partition coefficient (Wildman–Crippen LogP) is 1.41. The van der Waals surface area contributed by atoms with Gasteiger partial charge >= 0.3 is 5.97 Å². The van der Waals surface area contributed by atoms with Gasteiger partial charge < -0.3 is 19.5 Å². The molecular formula is C20H26N4O7S. The van der Waals surface area contributed by atoms with Crippen molar-refractivity contribution in [2.45, 2.75) is 30.7 Å². The van der Waals surface area contributed by atoms with Gasteiger partial charge in [0.2, 0.25) is 15.9 Å². The number of anilines is 1. The summed E-state index contributed by atoms with van der Waals surface area (Å²) in [6.07, 6.45) is 2.14. The zero-order chi connectivity index (χ0) is 23.5. The highest BCUT2D eigenvalue weighted by Gasteiger charge is 2.40. The molecule has 1 N–H and O–H groups in total. The van der Waals surface area contributed by atoms with E-state index in [9.17, 15) is 18.0 Å². The molecule has 32 heavy (non-hydrogen) atoms. The Balaban J connectivity index is 1.87. The van der Waals surface area contributed by atoms with Crippen LogP contribution in [-0.4, -0.2) is 67.8 Å². The SMILES string of the molecule is CCOC(=O)c1cnn(C)c1NC(=O)C1CCCN1S(=O)(=O)c1ccc(OC)c(OC)c1. The molecule has 11 nitrogen and oxygen atoms in total. The number of nitrogens with zero attached hydrogens (tertiary/aromatic N) is 3. The van der Waals surface area contributed by atoms with Crippen molar-refractivity contribution in [2.24, 2.45) is 7.05 Å². The van der Waals surface area contributed by atoms with Crippen LogP contribution in [0.5, 0.6) is 11.5 Å². The van der Waals surface area contributed by atoms with E-state index in [0.29, 0.717) is 18.6 Å². The Morgan fingerprint density at radius 1 is 1.22 bits per heavy atom. The van der Waals surface area contributed by atoms with Crippen molar-refractivity contribution in [1.29, 1.82) is 0 Å². The van der Waals surface area contributed by atoms with Crippen LogP contribution in [0.2, 0.25) is 0 Å². The molecule has 2 heterocycles. The number of methoxy groups -OCH3 is 2. The van der Waals surface area contributed by atoms with Crippen LogP contribution in [0.1, 0.15) is 30.1 Å². The van der Waals surface area contributed by atoms with Gasteiger partial charge in [0.1, 0.15) is 17.4 Å². The van der Waals surface area contributed by atoms with Gasteiger partial charge in [0.15, 0.2) is 11.5 Å². The lowest BCUT2D eigenvalue weighted by atomic mass is 10.2. The van der Waals surface area contributed by atoms with Crippen molar-refractivity contribution in [2.75, 3.05) is 32.7 Å². The molecule has 1 fully saturated rings. The van der Waals surface area contributed by atoms with E-state index in [1.54, 1.807) is 14.0 Å². The molecule has 1 aromatic carbocycles. The number of aryl methyl sites for hydroxylation is 1. The number of nitrogens with one attached hydrogen (secondary N) is 1. The molecule has 0 bridgehead atoms. The highest BCUT2D eigenvalue weighted by molar-refractivity contribution is 7.89. The molecule has 2 aromatic rings. The van der Waals surface area contributed by atoms with Crippen LogP contribution < -0.4 is 14.8 Å². The minimum Gasteiger partial charge on any atom is -0.493 e. The summed E-state index contributed by atoms with van der Waals surface area (Å²) in [6, 6.07) is 3.32. The number of aromatic nitrogens is 2. The molecule has 1 aromatic heterocycles. The van der Waals surface area contributed by atoms with E-state index in [1.165, 1.54) is 43.3 Å². The summed E-state index contributed by atoms with van der Waals surface area (Å²) in [7, 11) is 0.435. The number of carbonyl (C=O) groups excluding carboxylic acids is 2. The molecule has 1 aliphatic rings. The van der Waals surface area contributed by atoms with E-state index in [1.807, 2.05) is 0 Å². The second-order valence-corrected chi connectivity index (χ2v) is 8.92. The Labute approximate surface area is 186 Å². The second kappa shape index (κ2) is 9.57. The Kier molecular flexibility index (Phi) is 7.04. The molecule has 1 unspecified atom stereocenters. The third-order valence-electron chi connectivity index (χ3n) is 5.14. The average Bonchev–Trinajstić information content (AvgIpc) is 3.41. The van der Waals surface area contributed by atoms with Crippen LogP contribution in [-0.2, 0) is 26.6 Å². The van der Waals surface area contributed by atoms with Gasteiger partial charge in [-0.3, -0.25) is 9.48 Å². The first-order chi connectivity index (χ1) is 15.2. The molecule has 174 valence electrons. The van der Waals surface area contributed by atoms with E-state index in [-0.39, 0.29) is 35.2 Å². The molecule has 3 rings (SSSR count). The molecule has 0 radical (unpaired) electrons. The fraction of sp³-hybridized carbons (Fsp3) is 0.450. The number of benzene rings is 1. The highest BCUT2D eigenvalue weighted by Crippen LogP contribution is 2.33. The minimum atomic E-state index is -3.99. The highest BCUT2D eigenvalue weighted by atomic mass is 32.2. The van der Waals surface area contributed by atoms with Gasteiger partial charge in [0.25, 0.3) is 0 Å². The molecular weight excluding hydrogens is 440 g/mol. The van der Waals surface area contributed by atoms with Gasteiger partial charge in [-0.15, -0.1) is 0 Å². The second-order valence-electron chi connectivity index (χ2n) is 7.03. The lowest BCUT2D eigenvalue weighted by Crippen LogP contribution is -2.43. The van der Waals surface area contributed by atoms with Crippen LogP contribution in [0, 0.1) is 0 Å². The number of amides is 1. The number of carbonyl (C=O) groups is 2. The molecule has 0 saturated carbocycles. The van der Waals surface area contributed by atoms with Gasteiger partial charge in [0.05, 0.1) is 31.9 Å². The fourth-order valence-electron chi connectivity index (χ4n) is 3.55. The van der Waals surface area contributed by atoms with Crippen LogP contribution in [0.25, 0.3) is 0 Å². The zero-order valence-corrected chi connectivity index (χ0v) is 19.1. The maximum absolute atomic E-state index is 13.3. The summed E-state index contributed by atoms with van der Waals surface area (Å²) in [5.74, 6) is -0.380. The Hall–Kier alpha value is -3.12. The molecule has 1 saturated heterocycles. The number of esters is 1. The first-order valence-electron chi connectivity index (χ1n) is 9.98.